The number of carbonyl (C=O) groups excluding carboxylic acids is 2. The van der Waals surface area contributed by atoms with Gasteiger partial charge in [-0.25, -0.2) is 9.18 Å². The van der Waals surface area contributed by atoms with Gasteiger partial charge in [0, 0.05) is 50.3 Å². The molecule has 2 aromatic heterocycles. The molecule has 8 nitrogen and oxygen atoms in total. The van der Waals surface area contributed by atoms with Crippen LogP contribution in [0.5, 0.6) is 0 Å². The molecule has 0 saturated carbocycles. The maximum atomic E-state index is 14.1. The minimum atomic E-state index is -0.475. The molecule has 5 rings (SSSR count). The zero-order valence-electron chi connectivity index (χ0n) is 23.6. The predicted octanol–water partition coefficient (Wildman–Crippen LogP) is 5.98. The highest BCUT2D eigenvalue weighted by molar-refractivity contribution is 5.91. The second-order valence-electron chi connectivity index (χ2n) is 10.3. The first-order valence-corrected chi connectivity index (χ1v) is 14.1. The van der Waals surface area contributed by atoms with Crippen molar-refractivity contribution >= 4 is 23.3 Å². The summed E-state index contributed by atoms with van der Waals surface area (Å²) in [6.45, 7) is 8.19. The van der Waals surface area contributed by atoms with E-state index in [1.165, 1.54) is 17.3 Å². The van der Waals surface area contributed by atoms with E-state index in [9.17, 15) is 14.0 Å². The third-order valence-electron chi connectivity index (χ3n) is 7.39. The van der Waals surface area contributed by atoms with Gasteiger partial charge in [0.25, 0.3) is 5.91 Å². The minimum absolute atomic E-state index is 0.104. The van der Waals surface area contributed by atoms with Gasteiger partial charge in [-0.1, -0.05) is 37.3 Å². The highest BCUT2D eigenvalue weighted by Crippen LogP contribution is 2.22. The summed E-state index contributed by atoms with van der Waals surface area (Å²) in [5.41, 5.74) is 3.50. The monoisotopic (exact) mass is 557 g/mol. The Hall–Kier alpha value is -4.53. The highest BCUT2D eigenvalue weighted by Gasteiger charge is 2.25. The Morgan fingerprint density at radius 1 is 0.951 bits per heavy atom. The molecule has 1 aliphatic heterocycles. The summed E-state index contributed by atoms with van der Waals surface area (Å²) in [4.78, 5) is 32.0. The number of hydrogen-bond donors (Lipinski definition) is 1. The van der Waals surface area contributed by atoms with Crippen LogP contribution in [0.1, 0.15) is 40.9 Å². The third-order valence-corrected chi connectivity index (χ3v) is 7.39. The Bertz CT molecular complexity index is 1490. The number of carbonyl (C=O) groups is 2. The largest absolute Gasteiger partial charge is 0.454 e. The molecule has 0 bridgehead atoms. The van der Waals surface area contributed by atoms with Crippen LogP contribution < -0.4 is 10.2 Å². The minimum Gasteiger partial charge on any atom is -0.454 e. The molecule has 214 valence electrons. The fraction of sp³-hybridized carbons (Fsp3) is 0.312. The second-order valence-corrected chi connectivity index (χ2v) is 10.3. The van der Waals surface area contributed by atoms with Gasteiger partial charge in [-0.3, -0.25) is 4.79 Å². The Balaban J connectivity index is 1.19. The molecule has 1 fully saturated rings. The van der Waals surface area contributed by atoms with E-state index in [0.717, 1.165) is 25.2 Å². The molecule has 3 heterocycles. The summed E-state index contributed by atoms with van der Waals surface area (Å²) in [7, 11) is 0. The smallest absolute Gasteiger partial charge is 0.322 e. The lowest BCUT2D eigenvalue weighted by Crippen LogP contribution is -2.48. The Kier molecular flexibility index (Phi) is 8.72. The molecule has 0 unspecified atom stereocenters. The lowest BCUT2D eigenvalue weighted by molar-refractivity contribution is 0.0712. The van der Waals surface area contributed by atoms with Crippen LogP contribution >= 0.6 is 0 Å². The number of piperazine rings is 1. The van der Waals surface area contributed by atoms with E-state index < -0.39 is 5.82 Å². The number of nitrogens with one attached hydrogen (secondary N) is 1. The Morgan fingerprint density at radius 2 is 1.71 bits per heavy atom. The average molecular weight is 558 g/mol. The lowest BCUT2D eigenvalue weighted by atomic mass is 10.1. The summed E-state index contributed by atoms with van der Waals surface area (Å²) in [5.74, 6) is 0.404. The first-order chi connectivity index (χ1) is 19.9. The van der Waals surface area contributed by atoms with Crippen molar-refractivity contribution in [2.45, 2.75) is 33.4 Å². The van der Waals surface area contributed by atoms with Crippen molar-refractivity contribution in [2.24, 2.45) is 0 Å². The quantitative estimate of drug-likeness (QED) is 0.275. The van der Waals surface area contributed by atoms with Gasteiger partial charge < -0.3 is 29.0 Å². The van der Waals surface area contributed by atoms with Crippen molar-refractivity contribution in [2.75, 3.05) is 42.9 Å². The molecule has 4 aromatic rings. The topological polar surface area (TPSA) is 74.0 Å². The number of aromatic nitrogens is 1. The lowest BCUT2D eigenvalue weighted by Gasteiger charge is -2.36. The van der Waals surface area contributed by atoms with E-state index in [1.807, 2.05) is 52.9 Å². The van der Waals surface area contributed by atoms with Gasteiger partial charge in [-0.2, -0.15) is 0 Å². The number of rotatable bonds is 9. The molecule has 1 N–H and O–H groups in total. The van der Waals surface area contributed by atoms with E-state index in [2.05, 4.69) is 29.3 Å². The van der Waals surface area contributed by atoms with Crippen molar-refractivity contribution in [3.05, 3.63) is 108 Å². The van der Waals surface area contributed by atoms with Crippen LogP contribution in [0.4, 0.5) is 20.6 Å². The van der Waals surface area contributed by atoms with Crippen LogP contribution in [0.3, 0.4) is 0 Å². The van der Waals surface area contributed by atoms with E-state index in [-0.39, 0.29) is 17.6 Å². The molecule has 3 amide bonds. The summed E-state index contributed by atoms with van der Waals surface area (Å²) in [5, 5.41) is 2.68. The normalized spacial score (nSPS) is 13.3. The number of halogens is 1. The SMILES string of the molecule is CCCN(Cc1cccn1Cc1ccc(C(=O)N2CCN(c3ccccc3C)CC2)o1)C(=O)Nc1ccccc1F. The molecule has 9 heteroatoms. The standard InChI is InChI=1S/C32H36FN5O3/c1-3-16-38(32(40)34-28-12-6-5-11-27(28)33)22-25-10-8-17-37(25)23-26-14-15-30(41-26)31(39)36-20-18-35(19-21-36)29-13-7-4-9-24(29)2/h4-15,17H,3,16,18-23H2,1-2H3,(H,34,40). The van der Waals surface area contributed by atoms with E-state index in [0.29, 0.717) is 44.2 Å². The number of urea groups is 1. The van der Waals surface area contributed by atoms with Crippen molar-refractivity contribution in [1.29, 1.82) is 0 Å². The van der Waals surface area contributed by atoms with Crippen LogP contribution in [0.25, 0.3) is 0 Å². The van der Waals surface area contributed by atoms with Gasteiger partial charge in [0.15, 0.2) is 5.76 Å². The van der Waals surface area contributed by atoms with Crippen LogP contribution in [0.2, 0.25) is 0 Å². The van der Waals surface area contributed by atoms with E-state index >= 15 is 0 Å². The molecule has 0 spiro atoms. The zero-order chi connectivity index (χ0) is 28.8. The fourth-order valence-corrected chi connectivity index (χ4v) is 5.19. The predicted molar refractivity (Wildman–Crippen MR) is 158 cm³/mol. The fourth-order valence-electron chi connectivity index (χ4n) is 5.19. The number of amides is 3. The summed E-state index contributed by atoms with van der Waals surface area (Å²) in [6, 6.07) is 21.5. The molecule has 0 radical (unpaired) electrons. The summed E-state index contributed by atoms with van der Waals surface area (Å²) < 4.78 is 22.1. The molecule has 1 aliphatic rings. The van der Waals surface area contributed by atoms with E-state index in [1.54, 1.807) is 29.2 Å². The van der Waals surface area contributed by atoms with E-state index in [4.69, 9.17) is 4.42 Å². The Morgan fingerprint density at radius 3 is 2.46 bits per heavy atom. The first kappa shape index (κ1) is 28.0. The maximum absolute atomic E-state index is 14.1. The molecule has 1 saturated heterocycles. The summed E-state index contributed by atoms with van der Waals surface area (Å²) >= 11 is 0. The van der Waals surface area contributed by atoms with Crippen LogP contribution in [-0.2, 0) is 13.1 Å². The number of hydrogen-bond acceptors (Lipinski definition) is 4. The molecule has 0 aliphatic carbocycles. The van der Waals surface area contributed by atoms with Gasteiger partial charge in [-0.15, -0.1) is 0 Å². The van der Waals surface area contributed by atoms with Gasteiger partial charge in [0.1, 0.15) is 11.6 Å². The van der Waals surface area contributed by atoms with Crippen LogP contribution in [0.15, 0.2) is 83.4 Å². The number of anilines is 2. The van der Waals surface area contributed by atoms with Crippen molar-refractivity contribution in [3.8, 4) is 0 Å². The van der Waals surface area contributed by atoms with Crippen molar-refractivity contribution < 1.29 is 18.4 Å². The second kappa shape index (κ2) is 12.8. The van der Waals surface area contributed by atoms with Gasteiger partial charge in [0.05, 0.1) is 18.8 Å². The molecule has 0 atom stereocenters. The van der Waals surface area contributed by atoms with Gasteiger partial charge >= 0.3 is 6.03 Å². The number of nitrogens with zero attached hydrogens (tertiary/aromatic N) is 4. The molecular weight excluding hydrogens is 521 g/mol. The Labute approximate surface area is 240 Å². The van der Waals surface area contributed by atoms with Crippen LogP contribution in [-0.4, -0.2) is 59.0 Å². The highest BCUT2D eigenvalue weighted by atomic mass is 19.1. The number of furan rings is 1. The van der Waals surface area contributed by atoms with Gasteiger partial charge in [-0.05, 0) is 61.4 Å². The molecule has 41 heavy (non-hydrogen) atoms. The average Bonchev–Trinajstić information content (AvgIpc) is 3.64. The first-order valence-electron chi connectivity index (χ1n) is 14.1. The number of benzene rings is 2. The third kappa shape index (κ3) is 6.62. The molecular formula is C32H36FN5O3. The van der Waals surface area contributed by atoms with Gasteiger partial charge in [0.2, 0.25) is 0 Å². The zero-order valence-corrected chi connectivity index (χ0v) is 23.6. The maximum Gasteiger partial charge on any atom is 0.322 e. The number of aryl methyl sites for hydroxylation is 1. The van der Waals surface area contributed by atoms with Crippen molar-refractivity contribution in [3.63, 3.8) is 0 Å². The summed E-state index contributed by atoms with van der Waals surface area (Å²) in [6.07, 6.45) is 2.68. The van der Waals surface area contributed by atoms with Crippen LogP contribution in [0, 0.1) is 12.7 Å². The number of para-hydroxylation sites is 2. The van der Waals surface area contributed by atoms with Crippen molar-refractivity contribution in [1.82, 2.24) is 14.4 Å². The molecule has 2 aromatic carbocycles.